The van der Waals surface area contributed by atoms with E-state index in [1.54, 1.807) is 24.3 Å². The summed E-state index contributed by atoms with van der Waals surface area (Å²) in [6.07, 6.45) is -0.214. The molecule has 22 heavy (non-hydrogen) atoms. The Bertz CT molecular complexity index is 669. The molecule has 2 N–H and O–H groups in total. The van der Waals surface area contributed by atoms with Crippen LogP contribution < -0.4 is 10.6 Å². The van der Waals surface area contributed by atoms with Crippen molar-refractivity contribution in [2.24, 2.45) is 0 Å². The number of carbonyl (C=O) groups is 2. The molecule has 0 bridgehead atoms. The van der Waals surface area contributed by atoms with E-state index in [-0.39, 0.29) is 18.2 Å². The van der Waals surface area contributed by atoms with Gasteiger partial charge in [0.05, 0.1) is 0 Å². The number of rotatable bonds is 5. The van der Waals surface area contributed by atoms with Crippen LogP contribution in [0.25, 0.3) is 0 Å². The lowest BCUT2D eigenvalue weighted by molar-refractivity contribution is -0.126. The van der Waals surface area contributed by atoms with Crippen LogP contribution in [0.2, 0.25) is 5.02 Å². The first-order valence-electron chi connectivity index (χ1n) is 6.91. The zero-order valence-corrected chi connectivity index (χ0v) is 13.0. The SMILES string of the molecule is Cc1ccccc1CNC(=O)CC(=O)Nc1ccc(Cl)cc1. The highest BCUT2D eigenvalue weighted by Gasteiger charge is 2.09. The van der Waals surface area contributed by atoms with E-state index in [0.29, 0.717) is 17.3 Å². The van der Waals surface area contributed by atoms with Crippen LogP contribution in [0.4, 0.5) is 5.69 Å². The molecule has 0 aliphatic rings. The average Bonchev–Trinajstić information content (AvgIpc) is 2.49. The van der Waals surface area contributed by atoms with Gasteiger partial charge < -0.3 is 10.6 Å². The smallest absolute Gasteiger partial charge is 0.233 e. The van der Waals surface area contributed by atoms with E-state index >= 15 is 0 Å². The molecule has 2 rings (SSSR count). The molecule has 0 aliphatic heterocycles. The number of nitrogens with one attached hydrogen (secondary N) is 2. The van der Waals surface area contributed by atoms with Crippen molar-refractivity contribution in [3.05, 3.63) is 64.7 Å². The van der Waals surface area contributed by atoms with Crippen LogP contribution in [0.15, 0.2) is 48.5 Å². The fraction of sp³-hybridized carbons (Fsp3) is 0.176. The van der Waals surface area contributed by atoms with Crippen molar-refractivity contribution in [1.82, 2.24) is 5.32 Å². The number of hydrogen-bond donors (Lipinski definition) is 2. The van der Waals surface area contributed by atoms with Gasteiger partial charge >= 0.3 is 0 Å². The second-order valence-electron chi connectivity index (χ2n) is 4.94. The molecule has 0 unspecified atom stereocenters. The van der Waals surface area contributed by atoms with Gasteiger partial charge in [0.1, 0.15) is 6.42 Å². The largest absolute Gasteiger partial charge is 0.352 e. The number of aryl methyl sites for hydroxylation is 1. The van der Waals surface area contributed by atoms with Crippen LogP contribution in [0, 0.1) is 6.92 Å². The maximum absolute atomic E-state index is 11.8. The molecule has 0 radical (unpaired) electrons. The summed E-state index contributed by atoms with van der Waals surface area (Å²) >= 11 is 5.77. The number of hydrogen-bond acceptors (Lipinski definition) is 2. The second kappa shape index (κ2) is 7.61. The van der Waals surface area contributed by atoms with Gasteiger partial charge in [-0.2, -0.15) is 0 Å². The predicted molar refractivity (Wildman–Crippen MR) is 87.7 cm³/mol. The van der Waals surface area contributed by atoms with Gasteiger partial charge in [-0.05, 0) is 42.3 Å². The Labute approximate surface area is 134 Å². The quantitative estimate of drug-likeness (QED) is 0.832. The Hall–Kier alpha value is -2.33. The molecule has 0 atom stereocenters. The van der Waals surface area contributed by atoms with Crippen molar-refractivity contribution in [2.45, 2.75) is 19.9 Å². The van der Waals surface area contributed by atoms with Gasteiger partial charge in [-0.25, -0.2) is 0 Å². The molecule has 114 valence electrons. The maximum Gasteiger partial charge on any atom is 0.233 e. The van der Waals surface area contributed by atoms with Gasteiger partial charge in [0.2, 0.25) is 11.8 Å². The minimum atomic E-state index is -0.357. The van der Waals surface area contributed by atoms with Gasteiger partial charge in [0.25, 0.3) is 0 Å². The van der Waals surface area contributed by atoms with Crippen LogP contribution in [-0.4, -0.2) is 11.8 Å². The van der Waals surface area contributed by atoms with Crippen LogP contribution in [0.3, 0.4) is 0 Å². The summed E-state index contributed by atoms with van der Waals surface area (Å²) in [5.74, 6) is -0.667. The molecule has 0 spiro atoms. The second-order valence-corrected chi connectivity index (χ2v) is 5.37. The monoisotopic (exact) mass is 316 g/mol. The summed E-state index contributed by atoms with van der Waals surface area (Å²) in [6, 6.07) is 14.5. The van der Waals surface area contributed by atoms with Crippen molar-refractivity contribution >= 4 is 29.1 Å². The molecular formula is C17H17ClN2O2. The molecule has 2 aromatic carbocycles. The highest BCUT2D eigenvalue weighted by atomic mass is 35.5. The van der Waals surface area contributed by atoms with Crippen LogP contribution >= 0.6 is 11.6 Å². The molecule has 2 amide bonds. The fourth-order valence-corrected chi connectivity index (χ4v) is 2.07. The highest BCUT2D eigenvalue weighted by Crippen LogP contribution is 2.13. The molecule has 0 aromatic heterocycles. The van der Waals surface area contributed by atoms with E-state index in [0.717, 1.165) is 11.1 Å². The first-order chi connectivity index (χ1) is 10.5. The van der Waals surface area contributed by atoms with E-state index < -0.39 is 0 Å². The third-order valence-electron chi connectivity index (χ3n) is 3.19. The van der Waals surface area contributed by atoms with Crippen LogP contribution in [0.5, 0.6) is 0 Å². The lowest BCUT2D eigenvalue weighted by Crippen LogP contribution is -2.28. The van der Waals surface area contributed by atoms with Gasteiger partial charge in [-0.1, -0.05) is 35.9 Å². The van der Waals surface area contributed by atoms with E-state index in [1.807, 2.05) is 31.2 Å². The topological polar surface area (TPSA) is 58.2 Å². The first kappa shape index (κ1) is 16.0. The van der Waals surface area contributed by atoms with E-state index in [1.165, 1.54) is 0 Å². The minimum absolute atomic E-state index is 0.214. The van der Waals surface area contributed by atoms with Gasteiger partial charge in [-0.3, -0.25) is 9.59 Å². The van der Waals surface area contributed by atoms with Crippen molar-refractivity contribution in [2.75, 3.05) is 5.32 Å². The Morgan fingerprint density at radius 2 is 1.68 bits per heavy atom. The summed E-state index contributed by atoms with van der Waals surface area (Å²) in [4.78, 5) is 23.6. The highest BCUT2D eigenvalue weighted by molar-refractivity contribution is 6.30. The van der Waals surface area contributed by atoms with Crippen molar-refractivity contribution < 1.29 is 9.59 Å². The zero-order valence-electron chi connectivity index (χ0n) is 12.2. The average molecular weight is 317 g/mol. The summed E-state index contributed by atoms with van der Waals surface area (Å²) < 4.78 is 0. The van der Waals surface area contributed by atoms with Gasteiger partial charge in [0, 0.05) is 17.3 Å². The van der Waals surface area contributed by atoms with E-state index in [4.69, 9.17) is 11.6 Å². The van der Waals surface area contributed by atoms with E-state index in [2.05, 4.69) is 10.6 Å². The summed E-state index contributed by atoms with van der Waals surface area (Å²) in [7, 11) is 0. The van der Waals surface area contributed by atoms with Crippen molar-refractivity contribution in [1.29, 1.82) is 0 Å². The molecule has 4 nitrogen and oxygen atoms in total. The number of anilines is 1. The van der Waals surface area contributed by atoms with Crippen molar-refractivity contribution in [3.63, 3.8) is 0 Å². The Kier molecular flexibility index (Phi) is 5.55. The molecule has 5 heteroatoms. The molecule has 0 saturated carbocycles. The molecular weight excluding hydrogens is 300 g/mol. The number of benzene rings is 2. The molecule has 2 aromatic rings. The summed E-state index contributed by atoms with van der Waals surface area (Å²) in [5.41, 5.74) is 2.75. The summed E-state index contributed by atoms with van der Waals surface area (Å²) in [6.45, 7) is 2.40. The maximum atomic E-state index is 11.8. The standard InChI is InChI=1S/C17H17ClN2O2/c1-12-4-2-3-5-13(12)11-19-16(21)10-17(22)20-15-8-6-14(18)7-9-15/h2-9H,10-11H2,1H3,(H,19,21)(H,20,22). The summed E-state index contributed by atoms with van der Waals surface area (Å²) in [5, 5.41) is 5.99. The Morgan fingerprint density at radius 1 is 1.00 bits per heavy atom. The lowest BCUT2D eigenvalue weighted by atomic mass is 10.1. The van der Waals surface area contributed by atoms with Crippen LogP contribution in [0.1, 0.15) is 17.5 Å². The third kappa shape index (κ3) is 4.90. The Morgan fingerprint density at radius 3 is 2.36 bits per heavy atom. The zero-order chi connectivity index (χ0) is 15.9. The lowest BCUT2D eigenvalue weighted by Gasteiger charge is -2.08. The van der Waals surface area contributed by atoms with Gasteiger partial charge in [-0.15, -0.1) is 0 Å². The number of halogens is 1. The van der Waals surface area contributed by atoms with Gasteiger partial charge in [0.15, 0.2) is 0 Å². The number of carbonyl (C=O) groups excluding carboxylic acids is 2. The molecule has 0 fully saturated rings. The normalized spacial score (nSPS) is 10.1. The van der Waals surface area contributed by atoms with Crippen molar-refractivity contribution in [3.8, 4) is 0 Å². The fourth-order valence-electron chi connectivity index (χ4n) is 1.95. The van der Waals surface area contributed by atoms with E-state index in [9.17, 15) is 9.59 Å². The number of amides is 2. The predicted octanol–water partition coefficient (Wildman–Crippen LogP) is 3.29. The molecule has 0 heterocycles. The van der Waals surface area contributed by atoms with Crippen LogP contribution in [-0.2, 0) is 16.1 Å². The first-order valence-corrected chi connectivity index (χ1v) is 7.29. The minimum Gasteiger partial charge on any atom is -0.352 e. The molecule has 0 saturated heterocycles. The third-order valence-corrected chi connectivity index (χ3v) is 3.44. The molecule has 0 aliphatic carbocycles. The Balaban J connectivity index is 1.80.